The normalized spacial score (nSPS) is 27.2. The Balaban J connectivity index is 1.27. The molecule has 2 saturated carbocycles. The predicted molar refractivity (Wildman–Crippen MR) is 132 cm³/mol. The highest BCUT2D eigenvalue weighted by atomic mass is 19.1. The highest BCUT2D eigenvalue weighted by Crippen LogP contribution is 2.62. The van der Waals surface area contributed by atoms with Crippen LogP contribution in [0.3, 0.4) is 0 Å². The number of aliphatic hydroxyl groups is 1. The molecule has 2 amide bonds. The second kappa shape index (κ2) is 10.2. The van der Waals surface area contributed by atoms with E-state index in [1.165, 1.54) is 5.56 Å². The first-order chi connectivity index (χ1) is 17.4. The Labute approximate surface area is 210 Å². The van der Waals surface area contributed by atoms with Gasteiger partial charge in [-0.15, -0.1) is 0 Å². The fourth-order valence-corrected chi connectivity index (χ4v) is 6.30. The molecule has 0 bridgehead atoms. The van der Waals surface area contributed by atoms with Crippen molar-refractivity contribution in [3.63, 3.8) is 0 Å². The number of hydrogen-bond donors (Lipinski definition) is 2. The van der Waals surface area contributed by atoms with Gasteiger partial charge in [-0.2, -0.15) is 5.26 Å². The summed E-state index contributed by atoms with van der Waals surface area (Å²) in [6.45, 7) is 2.83. The lowest BCUT2D eigenvalue weighted by Gasteiger charge is -2.37. The molecule has 1 saturated heterocycles. The molecule has 190 valence electrons. The monoisotopic (exact) mass is 494 g/mol. The molecule has 2 aromatic carbocycles. The van der Waals surface area contributed by atoms with Gasteiger partial charge in [-0.05, 0) is 86.2 Å². The summed E-state index contributed by atoms with van der Waals surface area (Å²) in [4.78, 5) is 17.4. The third-order valence-electron chi connectivity index (χ3n) is 8.22. The van der Waals surface area contributed by atoms with E-state index in [1.54, 1.807) is 0 Å². The molecule has 1 unspecified atom stereocenters. The molecule has 36 heavy (non-hydrogen) atoms. The molecular weight excluding hydrogens is 462 g/mol. The molecule has 3 fully saturated rings. The quantitative estimate of drug-likeness (QED) is 0.588. The van der Waals surface area contributed by atoms with E-state index in [2.05, 4.69) is 22.4 Å². The Morgan fingerprint density at radius 1 is 1.22 bits per heavy atom. The molecule has 3 aliphatic rings. The third-order valence-corrected chi connectivity index (χ3v) is 8.22. The molecule has 8 heteroatoms. The molecule has 4 atom stereocenters. The fraction of sp³-hybridized carbons (Fsp3) is 0.500. The van der Waals surface area contributed by atoms with Gasteiger partial charge in [0.15, 0.2) is 0 Å². The van der Waals surface area contributed by atoms with Gasteiger partial charge in [-0.25, -0.2) is 13.6 Å². The summed E-state index contributed by atoms with van der Waals surface area (Å²) < 4.78 is 27.4. The van der Waals surface area contributed by atoms with Gasteiger partial charge in [0, 0.05) is 37.4 Å². The van der Waals surface area contributed by atoms with Crippen molar-refractivity contribution in [1.82, 2.24) is 9.80 Å². The Morgan fingerprint density at radius 3 is 2.72 bits per heavy atom. The van der Waals surface area contributed by atoms with Gasteiger partial charge in [0.2, 0.25) is 0 Å². The zero-order valence-corrected chi connectivity index (χ0v) is 20.3. The minimum absolute atomic E-state index is 0.0346. The lowest BCUT2D eigenvalue weighted by atomic mass is 9.80. The van der Waals surface area contributed by atoms with Gasteiger partial charge < -0.3 is 20.2 Å². The fourth-order valence-electron chi connectivity index (χ4n) is 6.30. The van der Waals surface area contributed by atoms with Crippen LogP contribution in [-0.2, 0) is 5.41 Å². The van der Waals surface area contributed by atoms with Crippen LogP contribution >= 0.6 is 0 Å². The number of likely N-dealkylation sites (tertiary alicyclic amines) is 1. The molecule has 0 spiro atoms. The van der Waals surface area contributed by atoms with Crippen LogP contribution in [0, 0.1) is 28.9 Å². The van der Waals surface area contributed by atoms with Crippen molar-refractivity contribution in [2.45, 2.75) is 56.1 Å². The Kier molecular flexibility index (Phi) is 6.96. The van der Waals surface area contributed by atoms with Crippen LogP contribution in [0.2, 0.25) is 0 Å². The molecule has 1 aliphatic heterocycles. The number of rotatable bonds is 7. The van der Waals surface area contributed by atoms with Crippen LogP contribution in [0.4, 0.5) is 19.3 Å². The first-order valence-electron chi connectivity index (χ1n) is 12.8. The smallest absolute Gasteiger partial charge is 0.322 e. The second-order valence-corrected chi connectivity index (χ2v) is 10.6. The van der Waals surface area contributed by atoms with Gasteiger partial charge in [0.1, 0.15) is 11.6 Å². The van der Waals surface area contributed by atoms with Crippen LogP contribution in [-0.4, -0.2) is 59.3 Å². The highest BCUT2D eigenvalue weighted by Gasteiger charge is 2.58. The summed E-state index contributed by atoms with van der Waals surface area (Å²) in [6.07, 6.45) is 4.93. The molecule has 1 heterocycles. The highest BCUT2D eigenvalue weighted by molar-refractivity contribution is 5.89. The van der Waals surface area contributed by atoms with E-state index >= 15 is 0 Å². The van der Waals surface area contributed by atoms with E-state index < -0.39 is 11.6 Å². The predicted octanol–water partition coefficient (Wildman–Crippen LogP) is 4.64. The number of carbonyl (C=O) groups is 1. The lowest BCUT2D eigenvalue weighted by Crippen LogP contribution is -2.46. The van der Waals surface area contributed by atoms with E-state index in [0.29, 0.717) is 24.6 Å². The summed E-state index contributed by atoms with van der Waals surface area (Å²) in [5.74, 6) is -1.02. The number of nitrogens with one attached hydrogen (secondary N) is 1. The van der Waals surface area contributed by atoms with Crippen molar-refractivity contribution in [2.24, 2.45) is 5.92 Å². The van der Waals surface area contributed by atoms with Crippen molar-refractivity contribution >= 4 is 11.7 Å². The van der Waals surface area contributed by atoms with Gasteiger partial charge in [-0.3, -0.25) is 0 Å². The molecule has 5 rings (SSSR count). The number of hydrogen-bond acceptors (Lipinski definition) is 4. The van der Waals surface area contributed by atoms with E-state index in [0.717, 1.165) is 69.8 Å². The van der Waals surface area contributed by atoms with Crippen LogP contribution in [0.5, 0.6) is 0 Å². The van der Waals surface area contributed by atoms with Crippen LogP contribution < -0.4 is 5.32 Å². The number of nitrogens with zero attached hydrogens (tertiary/aromatic N) is 3. The van der Waals surface area contributed by atoms with Crippen molar-refractivity contribution in [1.29, 1.82) is 5.26 Å². The van der Waals surface area contributed by atoms with Gasteiger partial charge in [-0.1, -0.05) is 12.1 Å². The average molecular weight is 495 g/mol. The topological polar surface area (TPSA) is 79.6 Å². The number of amides is 2. The first kappa shape index (κ1) is 24.7. The summed E-state index contributed by atoms with van der Waals surface area (Å²) in [7, 11) is 0. The Bertz CT molecular complexity index is 1150. The number of anilines is 1. The van der Waals surface area contributed by atoms with E-state index in [4.69, 9.17) is 0 Å². The number of fused-ring (bicyclic) bond motifs is 1. The molecule has 6 nitrogen and oxygen atoms in total. The number of halogens is 2. The first-order valence-corrected chi connectivity index (χ1v) is 12.8. The minimum atomic E-state index is -0.732. The van der Waals surface area contributed by atoms with Crippen molar-refractivity contribution in [3.05, 3.63) is 65.2 Å². The van der Waals surface area contributed by atoms with Crippen LogP contribution in [0.1, 0.15) is 49.7 Å². The molecular formula is C28H32F2N4O2. The number of benzene rings is 2. The van der Waals surface area contributed by atoms with Crippen molar-refractivity contribution < 1.29 is 18.7 Å². The van der Waals surface area contributed by atoms with Crippen molar-refractivity contribution in [2.75, 3.05) is 31.5 Å². The minimum Gasteiger partial charge on any atom is -0.392 e. The maximum absolute atomic E-state index is 13.7. The maximum atomic E-state index is 13.7. The maximum Gasteiger partial charge on any atom is 0.322 e. The van der Waals surface area contributed by atoms with E-state index in [1.807, 2.05) is 23.1 Å². The summed E-state index contributed by atoms with van der Waals surface area (Å²) in [5.41, 5.74) is 2.08. The summed E-state index contributed by atoms with van der Waals surface area (Å²) >= 11 is 0. The summed E-state index contributed by atoms with van der Waals surface area (Å²) in [6, 6.07) is 12.8. The SMILES string of the molecule is N#Cc1cccc([C@]23CC[C@@H](N(CCCN4CC[C@@H](O)C4)C(=O)Nc4cc(F)cc(F)c4)CC2C3)c1. The number of aliphatic hydroxyl groups excluding tert-OH is 1. The molecule has 0 radical (unpaired) electrons. The zero-order valence-electron chi connectivity index (χ0n) is 20.3. The van der Waals surface area contributed by atoms with Crippen LogP contribution in [0.25, 0.3) is 0 Å². The van der Waals surface area contributed by atoms with E-state index in [-0.39, 0.29) is 29.3 Å². The third kappa shape index (κ3) is 5.23. The standard InChI is InChI=1S/C28H32F2N4O2/c29-22-13-23(30)15-24(14-22)32-27(36)34(9-2-8-33-10-6-26(35)18-33)25-5-7-28(16-21(28)12-25)20-4-1-3-19(11-20)17-31/h1,3-4,11,13-15,21,25-26,35H,2,5-10,12,16,18H2,(H,32,36)/t21?,25-,26-,28-/m1/s1. The van der Waals surface area contributed by atoms with Gasteiger partial charge in [0.25, 0.3) is 0 Å². The molecule has 2 aliphatic carbocycles. The largest absolute Gasteiger partial charge is 0.392 e. The molecule has 2 aromatic rings. The number of nitriles is 1. The summed E-state index contributed by atoms with van der Waals surface area (Å²) in [5, 5.41) is 21.8. The van der Waals surface area contributed by atoms with Crippen LogP contribution in [0.15, 0.2) is 42.5 Å². The average Bonchev–Trinajstić information content (AvgIpc) is 3.46. The van der Waals surface area contributed by atoms with E-state index in [9.17, 15) is 23.9 Å². The molecule has 2 N–H and O–H groups in total. The zero-order chi connectivity index (χ0) is 25.3. The van der Waals surface area contributed by atoms with Crippen molar-refractivity contribution in [3.8, 4) is 6.07 Å². The lowest BCUT2D eigenvalue weighted by molar-refractivity contribution is 0.151. The van der Waals surface area contributed by atoms with Gasteiger partial charge in [0.05, 0.1) is 17.7 Å². The number of β-amino-alcohol motifs (C(OH)–C–C–N with tert-alkyl or cyclic N) is 1. The molecule has 0 aromatic heterocycles. The van der Waals surface area contributed by atoms with Gasteiger partial charge >= 0.3 is 6.03 Å². The number of urea groups is 1. The Morgan fingerprint density at radius 2 is 2.03 bits per heavy atom. The Hall–Kier alpha value is -3.02. The number of carbonyl (C=O) groups excluding carboxylic acids is 1. The second-order valence-electron chi connectivity index (χ2n) is 10.6.